The van der Waals surface area contributed by atoms with Gasteiger partial charge >= 0.3 is 0 Å². The van der Waals surface area contributed by atoms with Crippen molar-refractivity contribution in [3.63, 3.8) is 0 Å². The Morgan fingerprint density at radius 3 is 2.92 bits per heavy atom. The van der Waals surface area contributed by atoms with Gasteiger partial charge in [-0.2, -0.15) is 0 Å². The van der Waals surface area contributed by atoms with Gasteiger partial charge in [-0.25, -0.2) is 4.98 Å². The van der Waals surface area contributed by atoms with E-state index in [0.29, 0.717) is 5.84 Å². The van der Waals surface area contributed by atoms with Crippen LogP contribution < -0.4 is 5.73 Å². The second kappa shape index (κ2) is 4.97. The van der Waals surface area contributed by atoms with E-state index in [9.17, 15) is 0 Å². The van der Waals surface area contributed by atoms with E-state index < -0.39 is 0 Å². The Morgan fingerprint density at radius 2 is 2.46 bits per heavy atom. The normalized spacial score (nSPS) is 14.5. The first-order valence-electron chi connectivity index (χ1n) is 4.49. The molecule has 1 aromatic rings. The molecular weight excluding hydrogens is 182 g/mol. The second-order valence-electron chi connectivity index (χ2n) is 2.77. The molecule has 1 atom stereocenters. The van der Waals surface area contributed by atoms with Gasteiger partial charge in [-0.05, 0) is 6.42 Å². The minimum atomic E-state index is 0.153. The summed E-state index contributed by atoms with van der Waals surface area (Å²) < 4.78 is 0. The Morgan fingerprint density at radius 1 is 1.69 bits per heavy atom. The monoisotopic (exact) mass is 197 g/mol. The van der Waals surface area contributed by atoms with Crippen molar-refractivity contribution in [2.75, 3.05) is 0 Å². The first kappa shape index (κ1) is 10.2. The molecule has 72 valence electrons. The van der Waals surface area contributed by atoms with Gasteiger partial charge in [0.1, 0.15) is 11.0 Å². The highest BCUT2D eigenvalue weighted by Gasteiger charge is 2.09. The van der Waals surface area contributed by atoms with Crippen LogP contribution in [-0.2, 0) is 0 Å². The fourth-order valence-electron chi connectivity index (χ4n) is 1.01. The van der Waals surface area contributed by atoms with Gasteiger partial charge in [0, 0.05) is 18.0 Å². The van der Waals surface area contributed by atoms with Crippen LogP contribution in [0.1, 0.15) is 37.7 Å². The Kier molecular flexibility index (Phi) is 3.89. The molecule has 1 unspecified atom stereocenters. The van der Waals surface area contributed by atoms with Crippen LogP contribution in [-0.4, -0.2) is 10.8 Å². The minimum absolute atomic E-state index is 0.153. The summed E-state index contributed by atoms with van der Waals surface area (Å²) >= 11 is 1.63. The number of hydrogen-bond acceptors (Lipinski definition) is 3. The summed E-state index contributed by atoms with van der Waals surface area (Å²) in [7, 11) is 0. The summed E-state index contributed by atoms with van der Waals surface area (Å²) in [6.45, 7) is 4.10. The number of hydrogen-bond donors (Lipinski definition) is 1. The molecule has 4 heteroatoms. The van der Waals surface area contributed by atoms with Crippen LogP contribution in [0.5, 0.6) is 0 Å². The Bertz CT molecular complexity index is 266. The van der Waals surface area contributed by atoms with E-state index in [1.807, 2.05) is 12.3 Å². The number of aliphatic imine (C=N–C) groups is 1. The average molecular weight is 197 g/mol. The summed E-state index contributed by atoms with van der Waals surface area (Å²) in [5, 5.41) is 3.02. The zero-order valence-corrected chi connectivity index (χ0v) is 8.84. The number of nitrogens with two attached hydrogens (primary N) is 1. The lowest BCUT2D eigenvalue weighted by Gasteiger charge is -2.06. The van der Waals surface area contributed by atoms with Gasteiger partial charge in [-0.3, -0.25) is 4.99 Å². The molecule has 0 saturated carbocycles. The van der Waals surface area contributed by atoms with Crippen molar-refractivity contribution in [3.05, 3.63) is 16.6 Å². The van der Waals surface area contributed by atoms with Gasteiger partial charge in [-0.15, -0.1) is 11.3 Å². The standard InChI is InChI=1S/C9H15N3S/c1-3-7(12-8(10)4-2)9-11-5-6-13-9/h5-7H,3-4H2,1-2H3,(H2,10,12). The molecule has 0 amide bonds. The highest BCUT2D eigenvalue weighted by atomic mass is 32.1. The fourth-order valence-corrected chi connectivity index (χ4v) is 1.77. The van der Waals surface area contributed by atoms with E-state index in [-0.39, 0.29) is 6.04 Å². The van der Waals surface area contributed by atoms with Gasteiger partial charge < -0.3 is 5.73 Å². The highest BCUT2D eigenvalue weighted by Crippen LogP contribution is 2.22. The Hall–Kier alpha value is -0.900. The Balaban J connectivity index is 2.75. The number of rotatable bonds is 4. The van der Waals surface area contributed by atoms with E-state index in [2.05, 4.69) is 16.9 Å². The van der Waals surface area contributed by atoms with Crippen LogP contribution >= 0.6 is 11.3 Å². The van der Waals surface area contributed by atoms with E-state index >= 15 is 0 Å². The van der Waals surface area contributed by atoms with Crippen LogP contribution in [0, 0.1) is 0 Å². The van der Waals surface area contributed by atoms with Crippen molar-refractivity contribution < 1.29 is 0 Å². The van der Waals surface area contributed by atoms with E-state index in [0.717, 1.165) is 17.8 Å². The molecule has 1 aromatic heterocycles. The molecule has 0 bridgehead atoms. The lowest BCUT2D eigenvalue weighted by Crippen LogP contribution is -2.11. The van der Waals surface area contributed by atoms with E-state index in [1.54, 1.807) is 17.5 Å². The highest BCUT2D eigenvalue weighted by molar-refractivity contribution is 7.09. The predicted octanol–water partition coefficient (Wildman–Crippen LogP) is 2.36. The lowest BCUT2D eigenvalue weighted by atomic mass is 10.2. The molecule has 1 rings (SSSR count). The van der Waals surface area contributed by atoms with Crippen molar-refractivity contribution in [2.45, 2.75) is 32.7 Å². The topological polar surface area (TPSA) is 51.3 Å². The number of aromatic nitrogens is 1. The summed E-state index contributed by atoms with van der Waals surface area (Å²) in [5.41, 5.74) is 5.68. The molecule has 0 aliphatic rings. The van der Waals surface area contributed by atoms with Crippen molar-refractivity contribution >= 4 is 17.2 Å². The number of nitrogens with zero attached hydrogens (tertiary/aromatic N) is 2. The molecule has 0 aromatic carbocycles. The molecule has 0 aliphatic carbocycles. The van der Waals surface area contributed by atoms with Crippen LogP contribution in [0.15, 0.2) is 16.6 Å². The predicted molar refractivity (Wildman–Crippen MR) is 57.1 cm³/mol. The molecule has 0 radical (unpaired) electrons. The van der Waals surface area contributed by atoms with Gasteiger partial charge in [0.2, 0.25) is 0 Å². The van der Waals surface area contributed by atoms with Crippen molar-refractivity contribution in [2.24, 2.45) is 10.7 Å². The van der Waals surface area contributed by atoms with Gasteiger partial charge in [-0.1, -0.05) is 13.8 Å². The summed E-state index contributed by atoms with van der Waals surface area (Å²) in [4.78, 5) is 8.63. The maximum atomic E-state index is 5.68. The second-order valence-corrected chi connectivity index (χ2v) is 3.69. The first-order chi connectivity index (χ1) is 6.27. The van der Waals surface area contributed by atoms with Gasteiger partial charge in [0.15, 0.2) is 0 Å². The molecule has 13 heavy (non-hydrogen) atoms. The summed E-state index contributed by atoms with van der Waals surface area (Å²) in [6, 6.07) is 0.153. The third-order valence-electron chi connectivity index (χ3n) is 1.81. The Labute approximate surface area is 82.7 Å². The quantitative estimate of drug-likeness (QED) is 0.595. The average Bonchev–Trinajstić information content (AvgIpc) is 2.66. The van der Waals surface area contributed by atoms with Crippen LogP contribution in [0.25, 0.3) is 0 Å². The molecule has 2 N–H and O–H groups in total. The molecule has 1 heterocycles. The largest absolute Gasteiger partial charge is 0.387 e. The van der Waals surface area contributed by atoms with E-state index in [1.165, 1.54) is 0 Å². The van der Waals surface area contributed by atoms with Crippen LogP contribution in [0.4, 0.5) is 0 Å². The van der Waals surface area contributed by atoms with Crippen molar-refractivity contribution in [1.82, 2.24) is 4.98 Å². The third-order valence-corrected chi connectivity index (χ3v) is 2.68. The van der Waals surface area contributed by atoms with Gasteiger partial charge in [0.25, 0.3) is 0 Å². The summed E-state index contributed by atoms with van der Waals surface area (Å²) in [6.07, 6.45) is 3.57. The molecule has 0 aliphatic heterocycles. The smallest absolute Gasteiger partial charge is 0.117 e. The molecular formula is C9H15N3S. The van der Waals surface area contributed by atoms with Crippen molar-refractivity contribution in [1.29, 1.82) is 0 Å². The zero-order valence-electron chi connectivity index (χ0n) is 8.03. The van der Waals surface area contributed by atoms with Crippen LogP contribution in [0.2, 0.25) is 0 Å². The maximum Gasteiger partial charge on any atom is 0.117 e. The minimum Gasteiger partial charge on any atom is -0.387 e. The first-order valence-corrected chi connectivity index (χ1v) is 5.37. The molecule has 0 fully saturated rings. The fraction of sp³-hybridized carbons (Fsp3) is 0.556. The third kappa shape index (κ3) is 2.81. The summed E-state index contributed by atoms with van der Waals surface area (Å²) in [5.74, 6) is 0.710. The lowest BCUT2D eigenvalue weighted by molar-refractivity contribution is 0.691. The van der Waals surface area contributed by atoms with Crippen molar-refractivity contribution in [3.8, 4) is 0 Å². The molecule has 3 nitrogen and oxygen atoms in total. The SMILES string of the molecule is CCC(N)=NC(CC)c1nccs1. The maximum absolute atomic E-state index is 5.68. The number of amidine groups is 1. The van der Waals surface area contributed by atoms with E-state index in [4.69, 9.17) is 5.73 Å². The molecule has 0 spiro atoms. The van der Waals surface area contributed by atoms with Gasteiger partial charge in [0.05, 0.1) is 5.84 Å². The van der Waals surface area contributed by atoms with Crippen LogP contribution in [0.3, 0.4) is 0 Å². The number of thiazole rings is 1. The molecule has 0 saturated heterocycles. The zero-order chi connectivity index (χ0) is 9.68.